The number of nitrogens with one attached hydrogen (secondary N) is 2. The van der Waals surface area contributed by atoms with Gasteiger partial charge in [-0.3, -0.25) is 0 Å². The van der Waals surface area contributed by atoms with Gasteiger partial charge in [-0.2, -0.15) is 0 Å². The van der Waals surface area contributed by atoms with E-state index < -0.39 is 0 Å². The molecule has 0 atom stereocenters. The standard InChI is InChI=1S/C28H20Cl2N4/c29-21-5-1-3-17(11-21)13-27-31-23-9-7-19(15-25(23)33-27)20-8-10-24-26(16-20)34-28(32-24)14-18-4-2-6-22(30)12-18/h1-12,15-16H,13-14H2,(H,31,33)(H,32,34). The number of H-pyrrole nitrogens is 2. The highest BCUT2D eigenvalue weighted by Gasteiger charge is 2.09. The SMILES string of the molecule is Clc1cccc(Cc2nc3ccc(-c4ccc5nc(Cc6cccc(Cl)c6)[nH]c5c4)cc3[nH]2)c1. The Kier molecular flexibility index (Phi) is 5.33. The van der Waals surface area contributed by atoms with E-state index in [0.717, 1.165) is 66.0 Å². The lowest BCUT2D eigenvalue weighted by molar-refractivity contribution is 1.04. The van der Waals surface area contributed by atoms with E-state index in [1.807, 2.05) is 36.4 Å². The van der Waals surface area contributed by atoms with Gasteiger partial charge in [-0.1, -0.05) is 59.6 Å². The average molecular weight is 483 g/mol. The van der Waals surface area contributed by atoms with Gasteiger partial charge in [-0.25, -0.2) is 9.97 Å². The van der Waals surface area contributed by atoms with Gasteiger partial charge >= 0.3 is 0 Å². The summed E-state index contributed by atoms with van der Waals surface area (Å²) in [6, 6.07) is 28.4. The molecule has 0 aliphatic heterocycles. The Hall–Kier alpha value is -3.60. The third-order valence-corrected chi connectivity index (χ3v) is 6.39. The van der Waals surface area contributed by atoms with Crippen molar-refractivity contribution in [2.75, 3.05) is 0 Å². The molecular formula is C28H20Cl2N4. The highest BCUT2D eigenvalue weighted by molar-refractivity contribution is 6.30. The number of benzene rings is 4. The Morgan fingerprint density at radius 1 is 0.559 bits per heavy atom. The van der Waals surface area contributed by atoms with Crippen molar-refractivity contribution in [3.8, 4) is 11.1 Å². The molecule has 0 aliphatic carbocycles. The predicted octanol–water partition coefficient (Wildman–Crippen LogP) is 7.59. The molecule has 0 spiro atoms. The first-order valence-electron chi connectivity index (χ1n) is 11.1. The van der Waals surface area contributed by atoms with Crippen LogP contribution in [0.5, 0.6) is 0 Å². The number of fused-ring (bicyclic) bond motifs is 2. The molecule has 2 heterocycles. The second kappa shape index (κ2) is 8.64. The molecule has 4 nitrogen and oxygen atoms in total. The van der Waals surface area contributed by atoms with Gasteiger partial charge in [0.1, 0.15) is 11.6 Å². The number of halogens is 2. The number of imidazole rings is 2. The van der Waals surface area contributed by atoms with E-state index in [2.05, 4.69) is 58.5 Å². The molecule has 6 rings (SSSR count). The maximum atomic E-state index is 6.13. The summed E-state index contributed by atoms with van der Waals surface area (Å²) in [7, 11) is 0. The van der Waals surface area contributed by atoms with Gasteiger partial charge in [-0.05, 0) is 70.8 Å². The Labute approximate surface area is 206 Å². The molecule has 2 N–H and O–H groups in total. The second-order valence-corrected chi connectivity index (χ2v) is 9.32. The van der Waals surface area contributed by atoms with E-state index in [0.29, 0.717) is 12.8 Å². The highest BCUT2D eigenvalue weighted by Crippen LogP contribution is 2.27. The number of hydrogen-bond donors (Lipinski definition) is 2. The molecule has 0 saturated carbocycles. The zero-order valence-corrected chi connectivity index (χ0v) is 19.7. The summed E-state index contributed by atoms with van der Waals surface area (Å²) in [5, 5.41) is 1.47. The summed E-state index contributed by atoms with van der Waals surface area (Å²) in [4.78, 5) is 16.4. The molecule has 0 radical (unpaired) electrons. The fraction of sp³-hybridized carbons (Fsp3) is 0.0714. The summed E-state index contributed by atoms with van der Waals surface area (Å²) in [5.74, 6) is 1.84. The van der Waals surface area contributed by atoms with Crippen molar-refractivity contribution >= 4 is 45.3 Å². The normalized spacial score (nSPS) is 11.5. The maximum absolute atomic E-state index is 6.13. The Morgan fingerprint density at radius 3 is 1.47 bits per heavy atom. The van der Waals surface area contributed by atoms with Crippen LogP contribution in [0, 0.1) is 0 Å². The summed E-state index contributed by atoms with van der Waals surface area (Å²) in [6.45, 7) is 0. The van der Waals surface area contributed by atoms with Gasteiger partial charge < -0.3 is 9.97 Å². The largest absolute Gasteiger partial charge is 0.342 e. The molecule has 2 aromatic heterocycles. The van der Waals surface area contributed by atoms with Crippen molar-refractivity contribution in [3.05, 3.63) is 118 Å². The van der Waals surface area contributed by atoms with Gasteiger partial charge in [0, 0.05) is 22.9 Å². The van der Waals surface area contributed by atoms with Gasteiger partial charge in [0.2, 0.25) is 0 Å². The fourth-order valence-electron chi connectivity index (χ4n) is 4.33. The van der Waals surface area contributed by atoms with Gasteiger partial charge in [0.05, 0.1) is 22.1 Å². The van der Waals surface area contributed by atoms with Crippen molar-refractivity contribution < 1.29 is 0 Å². The summed E-state index contributed by atoms with van der Waals surface area (Å²) < 4.78 is 0. The fourth-order valence-corrected chi connectivity index (χ4v) is 4.76. The first-order valence-corrected chi connectivity index (χ1v) is 11.8. The van der Waals surface area contributed by atoms with E-state index in [9.17, 15) is 0 Å². The summed E-state index contributed by atoms with van der Waals surface area (Å²) in [6.07, 6.45) is 1.42. The molecule has 6 heteroatoms. The molecule has 34 heavy (non-hydrogen) atoms. The van der Waals surface area contributed by atoms with Crippen LogP contribution in [0.25, 0.3) is 33.2 Å². The highest BCUT2D eigenvalue weighted by atomic mass is 35.5. The lowest BCUT2D eigenvalue weighted by atomic mass is 10.0. The van der Waals surface area contributed by atoms with E-state index in [-0.39, 0.29) is 0 Å². The van der Waals surface area contributed by atoms with Gasteiger partial charge in [0.25, 0.3) is 0 Å². The lowest BCUT2D eigenvalue weighted by Crippen LogP contribution is -1.90. The lowest BCUT2D eigenvalue weighted by Gasteiger charge is -2.02. The predicted molar refractivity (Wildman–Crippen MR) is 140 cm³/mol. The van der Waals surface area contributed by atoms with Crippen LogP contribution in [0.4, 0.5) is 0 Å². The summed E-state index contributed by atoms with van der Waals surface area (Å²) >= 11 is 12.3. The minimum absolute atomic E-state index is 0.708. The van der Waals surface area contributed by atoms with E-state index in [1.54, 1.807) is 0 Å². The van der Waals surface area contributed by atoms with Crippen molar-refractivity contribution in [1.82, 2.24) is 19.9 Å². The molecule has 166 valence electrons. The zero-order chi connectivity index (χ0) is 23.1. The first-order chi connectivity index (χ1) is 16.6. The smallest absolute Gasteiger partial charge is 0.111 e. The van der Waals surface area contributed by atoms with Crippen LogP contribution in [0.2, 0.25) is 10.0 Å². The van der Waals surface area contributed by atoms with E-state index >= 15 is 0 Å². The average Bonchev–Trinajstić information content (AvgIpc) is 3.40. The topological polar surface area (TPSA) is 57.4 Å². The number of aromatic amines is 2. The van der Waals surface area contributed by atoms with E-state index in [4.69, 9.17) is 33.2 Å². The van der Waals surface area contributed by atoms with Gasteiger partial charge in [-0.15, -0.1) is 0 Å². The molecule has 0 bridgehead atoms. The minimum Gasteiger partial charge on any atom is -0.342 e. The Bertz CT molecular complexity index is 1520. The van der Waals surface area contributed by atoms with Crippen LogP contribution in [0.1, 0.15) is 22.8 Å². The number of aromatic nitrogens is 4. The Balaban J connectivity index is 1.28. The maximum Gasteiger partial charge on any atom is 0.111 e. The van der Waals surface area contributed by atoms with Crippen LogP contribution < -0.4 is 0 Å². The zero-order valence-electron chi connectivity index (χ0n) is 18.1. The third kappa shape index (κ3) is 4.30. The van der Waals surface area contributed by atoms with Crippen LogP contribution in [-0.2, 0) is 12.8 Å². The van der Waals surface area contributed by atoms with Crippen molar-refractivity contribution in [2.24, 2.45) is 0 Å². The second-order valence-electron chi connectivity index (χ2n) is 8.44. The number of nitrogens with zero attached hydrogens (tertiary/aromatic N) is 2. The van der Waals surface area contributed by atoms with E-state index in [1.165, 1.54) is 0 Å². The van der Waals surface area contributed by atoms with Crippen molar-refractivity contribution in [3.63, 3.8) is 0 Å². The minimum atomic E-state index is 0.708. The van der Waals surface area contributed by atoms with Crippen LogP contribution in [0.15, 0.2) is 84.9 Å². The van der Waals surface area contributed by atoms with Crippen molar-refractivity contribution in [2.45, 2.75) is 12.8 Å². The first kappa shape index (κ1) is 21.0. The van der Waals surface area contributed by atoms with Crippen LogP contribution >= 0.6 is 23.2 Å². The molecular weight excluding hydrogens is 463 g/mol. The van der Waals surface area contributed by atoms with Crippen LogP contribution in [0.3, 0.4) is 0 Å². The number of rotatable bonds is 5. The number of hydrogen-bond acceptors (Lipinski definition) is 2. The molecule has 4 aromatic carbocycles. The molecule has 6 aromatic rings. The molecule has 0 saturated heterocycles. The quantitative estimate of drug-likeness (QED) is 0.265. The molecule has 0 aliphatic rings. The Morgan fingerprint density at radius 2 is 1.03 bits per heavy atom. The molecule has 0 unspecified atom stereocenters. The molecule has 0 fully saturated rings. The van der Waals surface area contributed by atoms with Gasteiger partial charge in [0.15, 0.2) is 0 Å². The third-order valence-electron chi connectivity index (χ3n) is 5.92. The summed E-state index contributed by atoms with van der Waals surface area (Å²) in [5.41, 5.74) is 8.44. The van der Waals surface area contributed by atoms with Crippen molar-refractivity contribution in [1.29, 1.82) is 0 Å². The monoisotopic (exact) mass is 482 g/mol. The van der Waals surface area contributed by atoms with Crippen LogP contribution in [-0.4, -0.2) is 19.9 Å². The molecule has 0 amide bonds.